The van der Waals surface area contributed by atoms with E-state index in [0.29, 0.717) is 5.41 Å². The molecule has 1 aromatic carbocycles. The number of benzene rings is 1. The first-order valence-corrected chi connectivity index (χ1v) is 9.83. The van der Waals surface area contributed by atoms with Crippen LogP contribution < -0.4 is 10.1 Å². The van der Waals surface area contributed by atoms with Crippen LogP contribution in [0.5, 0.6) is 11.5 Å². The highest BCUT2D eigenvalue weighted by Gasteiger charge is 2.39. The minimum absolute atomic E-state index is 0.532. The van der Waals surface area contributed by atoms with Gasteiger partial charge in [0.2, 0.25) is 0 Å². The van der Waals surface area contributed by atoms with Gasteiger partial charge in [-0.25, -0.2) is 4.98 Å². The maximum absolute atomic E-state index is 6.15. The van der Waals surface area contributed by atoms with Gasteiger partial charge in [-0.1, -0.05) is 12.1 Å². The van der Waals surface area contributed by atoms with Crippen molar-refractivity contribution >= 4 is 11.0 Å². The van der Waals surface area contributed by atoms with Crippen LogP contribution in [0.15, 0.2) is 42.7 Å². The number of aromatic nitrogens is 2. The fourth-order valence-electron chi connectivity index (χ4n) is 4.62. The zero-order valence-electron chi connectivity index (χ0n) is 15.8. The van der Waals surface area contributed by atoms with Crippen molar-refractivity contribution in [1.82, 2.24) is 20.2 Å². The number of nitrogens with one attached hydrogen (secondary N) is 2. The minimum atomic E-state index is 0.532. The van der Waals surface area contributed by atoms with Crippen molar-refractivity contribution in [3.05, 3.63) is 53.9 Å². The van der Waals surface area contributed by atoms with Crippen LogP contribution in [0.2, 0.25) is 0 Å². The van der Waals surface area contributed by atoms with Crippen molar-refractivity contribution in [2.24, 2.45) is 5.41 Å². The van der Waals surface area contributed by atoms with Crippen molar-refractivity contribution in [3.8, 4) is 11.5 Å². The van der Waals surface area contributed by atoms with E-state index >= 15 is 0 Å². The number of aryl methyl sites for hydroxylation is 1. The third-order valence-electron chi connectivity index (χ3n) is 6.14. The molecule has 140 valence electrons. The van der Waals surface area contributed by atoms with Gasteiger partial charge in [0, 0.05) is 32.0 Å². The Bertz CT molecular complexity index is 941. The zero-order valence-corrected chi connectivity index (χ0v) is 15.8. The fraction of sp³-hybridized carbons (Fsp3) is 0.409. The molecule has 0 saturated carbocycles. The van der Waals surface area contributed by atoms with Crippen LogP contribution in [-0.4, -0.2) is 41.0 Å². The van der Waals surface area contributed by atoms with Gasteiger partial charge >= 0.3 is 0 Å². The Morgan fingerprint density at radius 3 is 2.89 bits per heavy atom. The SMILES string of the molecule is Cc1c[nH]c2nccc(Oc3ccc(CN4CCC5(CCNC5)C4)cc3)c12. The van der Waals surface area contributed by atoms with Gasteiger partial charge in [0.05, 0.1) is 5.39 Å². The lowest BCUT2D eigenvalue weighted by atomic mass is 9.86. The van der Waals surface area contributed by atoms with Gasteiger partial charge in [0.1, 0.15) is 17.1 Å². The molecule has 1 unspecified atom stereocenters. The molecule has 5 nitrogen and oxygen atoms in total. The van der Waals surface area contributed by atoms with Crippen LogP contribution >= 0.6 is 0 Å². The molecule has 2 aliphatic rings. The smallest absolute Gasteiger partial charge is 0.141 e. The number of nitrogens with zero attached hydrogens (tertiary/aromatic N) is 2. The molecular formula is C22H26N4O. The highest BCUT2D eigenvalue weighted by atomic mass is 16.5. The van der Waals surface area contributed by atoms with Crippen molar-refractivity contribution < 1.29 is 4.74 Å². The second-order valence-corrected chi connectivity index (χ2v) is 8.14. The molecule has 0 amide bonds. The van der Waals surface area contributed by atoms with Crippen LogP contribution in [0.4, 0.5) is 0 Å². The summed E-state index contributed by atoms with van der Waals surface area (Å²) in [5.41, 5.74) is 3.90. The molecule has 2 aromatic heterocycles. The molecule has 2 aliphatic heterocycles. The average molecular weight is 362 g/mol. The largest absolute Gasteiger partial charge is 0.457 e. The molecule has 2 N–H and O–H groups in total. The topological polar surface area (TPSA) is 53.2 Å². The van der Waals surface area contributed by atoms with Crippen molar-refractivity contribution in [1.29, 1.82) is 0 Å². The summed E-state index contributed by atoms with van der Waals surface area (Å²) >= 11 is 0. The van der Waals surface area contributed by atoms with Gasteiger partial charge in [-0.2, -0.15) is 0 Å². The van der Waals surface area contributed by atoms with E-state index in [1.165, 1.54) is 44.6 Å². The van der Waals surface area contributed by atoms with E-state index < -0.39 is 0 Å². The Morgan fingerprint density at radius 2 is 2.07 bits per heavy atom. The zero-order chi connectivity index (χ0) is 18.3. The van der Waals surface area contributed by atoms with Crippen molar-refractivity contribution in [2.45, 2.75) is 26.3 Å². The summed E-state index contributed by atoms with van der Waals surface area (Å²) in [7, 11) is 0. The number of likely N-dealkylation sites (tertiary alicyclic amines) is 1. The van der Waals surface area contributed by atoms with Gasteiger partial charge in [-0.15, -0.1) is 0 Å². The van der Waals surface area contributed by atoms with E-state index in [1.54, 1.807) is 6.20 Å². The summed E-state index contributed by atoms with van der Waals surface area (Å²) in [6, 6.07) is 10.5. The molecule has 5 rings (SSSR count). The number of hydrogen-bond donors (Lipinski definition) is 2. The summed E-state index contributed by atoms with van der Waals surface area (Å²) in [5.74, 6) is 1.71. The highest BCUT2D eigenvalue weighted by Crippen LogP contribution is 2.37. The number of H-pyrrole nitrogens is 1. The van der Waals surface area contributed by atoms with Crippen molar-refractivity contribution in [2.75, 3.05) is 26.2 Å². The Labute approximate surface area is 159 Å². The van der Waals surface area contributed by atoms with Crippen LogP contribution in [-0.2, 0) is 6.54 Å². The third-order valence-corrected chi connectivity index (χ3v) is 6.14. The molecule has 1 spiro atoms. The van der Waals surface area contributed by atoms with Gasteiger partial charge in [-0.05, 0) is 67.6 Å². The van der Waals surface area contributed by atoms with E-state index in [1.807, 2.05) is 12.3 Å². The first-order valence-electron chi connectivity index (χ1n) is 9.83. The Morgan fingerprint density at radius 1 is 1.19 bits per heavy atom. The van der Waals surface area contributed by atoms with E-state index in [9.17, 15) is 0 Å². The molecule has 0 radical (unpaired) electrons. The molecule has 0 bridgehead atoms. The third kappa shape index (κ3) is 3.22. The quantitative estimate of drug-likeness (QED) is 0.740. The molecule has 4 heterocycles. The van der Waals surface area contributed by atoms with Gasteiger partial charge in [-0.3, -0.25) is 4.90 Å². The predicted octanol–water partition coefficient (Wildman–Crippen LogP) is 3.85. The lowest BCUT2D eigenvalue weighted by Gasteiger charge is -2.22. The van der Waals surface area contributed by atoms with Gasteiger partial charge in [0.25, 0.3) is 0 Å². The number of fused-ring (bicyclic) bond motifs is 1. The van der Waals surface area contributed by atoms with Crippen molar-refractivity contribution in [3.63, 3.8) is 0 Å². The van der Waals surface area contributed by atoms with Gasteiger partial charge in [0.15, 0.2) is 0 Å². The predicted molar refractivity (Wildman–Crippen MR) is 107 cm³/mol. The summed E-state index contributed by atoms with van der Waals surface area (Å²) in [6.45, 7) is 7.90. The fourth-order valence-corrected chi connectivity index (χ4v) is 4.62. The Hall–Kier alpha value is -2.37. The summed E-state index contributed by atoms with van der Waals surface area (Å²) in [5, 5.41) is 4.58. The number of hydrogen-bond acceptors (Lipinski definition) is 4. The first kappa shape index (κ1) is 16.8. The van der Waals surface area contributed by atoms with Gasteiger partial charge < -0.3 is 15.0 Å². The summed E-state index contributed by atoms with van der Waals surface area (Å²) < 4.78 is 6.15. The van der Waals surface area contributed by atoms with E-state index in [0.717, 1.165) is 34.6 Å². The monoisotopic (exact) mass is 362 g/mol. The first-order chi connectivity index (χ1) is 13.2. The highest BCUT2D eigenvalue weighted by molar-refractivity contribution is 5.86. The molecule has 0 aliphatic carbocycles. The number of rotatable bonds is 4. The minimum Gasteiger partial charge on any atom is -0.457 e. The standard InChI is InChI=1S/C22H26N4O/c1-16-12-25-21-20(16)19(6-9-24-21)27-18-4-2-17(3-5-18)13-26-11-8-22(15-26)7-10-23-14-22/h2-6,9,12,23H,7-8,10-11,13-15H2,1H3,(H,24,25). The number of ether oxygens (including phenoxy) is 1. The molecule has 3 aromatic rings. The molecule has 2 fully saturated rings. The Balaban J connectivity index is 1.27. The van der Waals surface area contributed by atoms with E-state index in [-0.39, 0.29) is 0 Å². The molecule has 2 saturated heterocycles. The second kappa shape index (κ2) is 6.66. The van der Waals surface area contributed by atoms with E-state index in [2.05, 4.69) is 51.4 Å². The van der Waals surface area contributed by atoms with Crippen LogP contribution in [0.25, 0.3) is 11.0 Å². The van der Waals surface area contributed by atoms with E-state index in [4.69, 9.17) is 4.74 Å². The average Bonchev–Trinajstić information content (AvgIpc) is 3.40. The van der Waals surface area contributed by atoms with Crippen LogP contribution in [0, 0.1) is 12.3 Å². The molecule has 27 heavy (non-hydrogen) atoms. The lowest BCUT2D eigenvalue weighted by molar-refractivity contribution is 0.268. The van der Waals surface area contributed by atoms with Crippen LogP contribution in [0.3, 0.4) is 0 Å². The van der Waals surface area contributed by atoms with Crippen LogP contribution in [0.1, 0.15) is 24.0 Å². The molecule has 5 heteroatoms. The maximum atomic E-state index is 6.15. The maximum Gasteiger partial charge on any atom is 0.141 e. The number of aromatic amines is 1. The molecule has 1 atom stereocenters. The Kier molecular flexibility index (Phi) is 4.14. The molecular weight excluding hydrogens is 336 g/mol. The lowest BCUT2D eigenvalue weighted by Crippen LogP contribution is -2.28. The number of pyridine rings is 1. The summed E-state index contributed by atoms with van der Waals surface area (Å²) in [6.07, 6.45) is 6.41. The second-order valence-electron chi connectivity index (χ2n) is 8.14. The normalized spacial score (nSPS) is 22.9. The summed E-state index contributed by atoms with van der Waals surface area (Å²) in [4.78, 5) is 10.1.